The first-order valence-corrected chi connectivity index (χ1v) is 13.1. The lowest BCUT2D eigenvalue weighted by atomic mass is 9.98. The zero-order valence-corrected chi connectivity index (χ0v) is 20.8. The molecule has 0 saturated carbocycles. The number of ether oxygens (including phenoxy) is 1. The maximum Gasteiger partial charge on any atom is 0.290 e. The predicted molar refractivity (Wildman–Crippen MR) is 133 cm³/mol. The van der Waals surface area contributed by atoms with Gasteiger partial charge >= 0.3 is 0 Å². The molecule has 2 aromatic carbocycles. The molecule has 0 unspecified atom stereocenters. The number of nitrogens with zero attached hydrogens (tertiary/aromatic N) is 2. The van der Waals surface area contributed by atoms with E-state index in [9.17, 15) is 9.59 Å². The van der Waals surface area contributed by atoms with E-state index in [0.717, 1.165) is 54.2 Å². The maximum absolute atomic E-state index is 13.6. The van der Waals surface area contributed by atoms with E-state index in [1.54, 1.807) is 28.8 Å². The highest BCUT2D eigenvalue weighted by Gasteiger charge is 2.42. The van der Waals surface area contributed by atoms with Gasteiger partial charge in [0.1, 0.15) is 5.58 Å². The molecule has 0 spiro atoms. The summed E-state index contributed by atoms with van der Waals surface area (Å²) in [5.74, 6) is -0.0482. The van der Waals surface area contributed by atoms with Crippen LogP contribution in [0.1, 0.15) is 34.1 Å². The molecule has 3 aromatic rings. The molecule has 5 rings (SSSR count). The maximum atomic E-state index is 13.6. The summed E-state index contributed by atoms with van der Waals surface area (Å²) in [6, 6.07) is 13.0. The van der Waals surface area contributed by atoms with Gasteiger partial charge in [-0.2, -0.15) is 0 Å². The standard InChI is InChI=1S/C25H25BrN2O4S/c1-33-18-6-3-16(4-7-18)22-21-23(29)19-15-17(26)5-8-20(19)32-24(21)25(30)28(22)10-2-9-27-11-13-31-14-12-27/h3-8,15,22H,2,9-14H2,1H3/t22-/m1/s1. The summed E-state index contributed by atoms with van der Waals surface area (Å²) in [7, 11) is 0. The van der Waals surface area contributed by atoms with Gasteiger partial charge in [-0.1, -0.05) is 28.1 Å². The number of hydrogen-bond donors (Lipinski definition) is 0. The number of rotatable bonds is 6. The number of halogens is 1. The van der Waals surface area contributed by atoms with Crippen molar-refractivity contribution in [2.45, 2.75) is 17.4 Å². The number of carbonyl (C=O) groups is 1. The van der Waals surface area contributed by atoms with Gasteiger partial charge in [0.05, 0.1) is 30.2 Å². The van der Waals surface area contributed by atoms with Crippen molar-refractivity contribution in [3.8, 4) is 0 Å². The van der Waals surface area contributed by atoms with Crippen LogP contribution in [0.2, 0.25) is 0 Å². The Morgan fingerprint density at radius 3 is 2.55 bits per heavy atom. The fraction of sp³-hybridized carbons (Fsp3) is 0.360. The second-order valence-electron chi connectivity index (χ2n) is 8.30. The van der Waals surface area contributed by atoms with E-state index in [0.29, 0.717) is 23.1 Å². The second kappa shape index (κ2) is 9.62. The number of hydrogen-bond acceptors (Lipinski definition) is 6. The van der Waals surface area contributed by atoms with Gasteiger partial charge in [0, 0.05) is 35.5 Å². The van der Waals surface area contributed by atoms with E-state index >= 15 is 0 Å². The Labute approximate surface area is 205 Å². The predicted octanol–water partition coefficient (Wildman–Crippen LogP) is 4.54. The molecule has 0 bridgehead atoms. The van der Waals surface area contributed by atoms with Crippen LogP contribution in [0.25, 0.3) is 11.0 Å². The van der Waals surface area contributed by atoms with E-state index in [-0.39, 0.29) is 17.1 Å². The number of morpholine rings is 1. The van der Waals surface area contributed by atoms with Crippen LogP contribution in [0.5, 0.6) is 0 Å². The highest BCUT2D eigenvalue weighted by Crippen LogP contribution is 2.39. The van der Waals surface area contributed by atoms with Crippen LogP contribution >= 0.6 is 27.7 Å². The zero-order valence-electron chi connectivity index (χ0n) is 18.4. The molecule has 1 atom stereocenters. The van der Waals surface area contributed by atoms with Crippen molar-refractivity contribution in [2.75, 3.05) is 45.6 Å². The van der Waals surface area contributed by atoms with Crippen LogP contribution in [-0.2, 0) is 4.74 Å². The Kier molecular flexibility index (Phi) is 6.60. The molecular formula is C25H25BrN2O4S. The summed E-state index contributed by atoms with van der Waals surface area (Å²) in [6.45, 7) is 4.76. The van der Waals surface area contributed by atoms with Crippen molar-refractivity contribution in [3.63, 3.8) is 0 Å². The molecule has 3 heterocycles. The summed E-state index contributed by atoms with van der Waals surface area (Å²) in [5, 5.41) is 0.483. The lowest BCUT2D eigenvalue weighted by Gasteiger charge is -2.29. The van der Waals surface area contributed by atoms with Gasteiger partial charge in [0.25, 0.3) is 5.91 Å². The fourth-order valence-corrected chi connectivity index (χ4v) is 5.41. The van der Waals surface area contributed by atoms with Gasteiger partial charge in [-0.3, -0.25) is 14.5 Å². The third-order valence-electron chi connectivity index (χ3n) is 6.34. The molecule has 1 fully saturated rings. The lowest BCUT2D eigenvalue weighted by molar-refractivity contribution is 0.0353. The molecule has 0 N–H and O–H groups in total. The summed E-state index contributed by atoms with van der Waals surface area (Å²) in [4.78, 5) is 32.4. The molecule has 33 heavy (non-hydrogen) atoms. The number of thioether (sulfide) groups is 1. The van der Waals surface area contributed by atoms with Crippen LogP contribution in [0.4, 0.5) is 0 Å². The highest BCUT2D eigenvalue weighted by molar-refractivity contribution is 9.10. The van der Waals surface area contributed by atoms with Gasteiger partial charge < -0.3 is 14.1 Å². The molecule has 6 nitrogen and oxygen atoms in total. The fourth-order valence-electron chi connectivity index (χ4n) is 4.65. The Hall–Kier alpha value is -2.13. The summed E-state index contributed by atoms with van der Waals surface area (Å²) < 4.78 is 12.3. The van der Waals surface area contributed by atoms with Gasteiger partial charge in [-0.15, -0.1) is 11.8 Å². The monoisotopic (exact) mass is 528 g/mol. The van der Waals surface area contributed by atoms with E-state index in [4.69, 9.17) is 9.15 Å². The number of benzene rings is 2. The van der Waals surface area contributed by atoms with Crippen molar-refractivity contribution in [3.05, 3.63) is 74.0 Å². The molecular weight excluding hydrogens is 504 g/mol. The van der Waals surface area contributed by atoms with Gasteiger partial charge in [0.2, 0.25) is 5.76 Å². The minimum absolute atomic E-state index is 0.143. The molecule has 0 radical (unpaired) electrons. The first-order valence-electron chi connectivity index (χ1n) is 11.1. The van der Waals surface area contributed by atoms with Crippen LogP contribution in [0.3, 0.4) is 0 Å². The van der Waals surface area contributed by atoms with Crippen molar-refractivity contribution in [1.29, 1.82) is 0 Å². The lowest BCUT2D eigenvalue weighted by Crippen LogP contribution is -2.38. The van der Waals surface area contributed by atoms with Crippen molar-refractivity contribution in [2.24, 2.45) is 0 Å². The van der Waals surface area contributed by atoms with E-state index in [2.05, 4.69) is 20.8 Å². The quantitative estimate of drug-likeness (QED) is 0.437. The smallest absolute Gasteiger partial charge is 0.290 e. The third kappa shape index (κ3) is 4.37. The third-order valence-corrected chi connectivity index (χ3v) is 7.57. The first-order chi connectivity index (χ1) is 16.1. The molecule has 1 aromatic heterocycles. The van der Waals surface area contributed by atoms with Gasteiger partial charge in [-0.05, 0) is 48.6 Å². The van der Waals surface area contributed by atoms with Gasteiger partial charge in [0.15, 0.2) is 5.43 Å². The average Bonchev–Trinajstić information content (AvgIpc) is 3.12. The molecule has 2 aliphatic heterocycles. The number of amides is 1. The summed E-state index contributed by atoms with van der Waals surface area (Å²) in [6.07, 6.45) is 2.85. The van der Waals surface area contributed by atoms with Crippen LogP contribution in [0, 0.1) is 0 Å². The minimum Gasteiger partial charge on any atom is -0.450 e. The Morgan fingerprint density at radius 1 is 1.06 bits per heavy atom. The van der Waals surface area contributed by atoms with Crippen molar-refractivity contribution < 1.29 is 13.9 Å². The van der Waals surface area contributed by atoms with Crippen LogP contribution in [-0.4, -0.2) is 61.4 Å². The second-order valence-corrected chi connectivity index (χ2v) is 10.1. The Bertz CT molecular complexity index is 1240. The van der Waals surface area contributed by atoms with E-state index < -0.39 is 6.04 Å². The normalized spacial score (nSPS) is 18.8. The van der Waals surface area contributed by atoms with E-state index in [1.807, 2.05) is 36.6 Å². The molecule has 0 aliphatic carbocycles. The SMILES string of the molecule is CSc1ccc([C@@H]2c3c(oc4ccc(Br)cc4c3=O)C(=O)N2CCCN2CCOCC2)cc1. The summed E-state index contributed by atoms with van der Waals surface area (Å²) >= 11 is 5.11. The van der Waals surface area contributed by atoms with Gasteiger partial charge in [-0.25, -0.2) is 0 Å². The highest BCUT2D eigenvalue weighted by atomic mass is 79.9. The molecule has 1 amide bonds. The molecule has 1 saturated heterocycles. The molecule has 2 aliphatic rings. The molecule has 172 valence electrons. The molecule has 8 heteroatoms. The average molecular weight is 529 g/mol. The van der Waals surface area contributed by atoms with Crippen LogP contribution in [0.15, 0.2) is 61.0 Å². The zero-order chi connectivity index (χ0) is 22.9. The van der Waals surface area contributed by atoms with Crippen molar-refractivity contribution in [1.82, 2.24) is 9.80 Å². The topological polar surface area (TPSA) is 63.0 Å². The minimum atomic E-state index is -0.451. The number of fused-ring (bicyclic) bond motifs is 2. The van der Waals surface area contributed by atoms with Crippen molar-refractivity contribution >= 4 is 44.6 Å². The van der Waals surface area contributed by atoms with Crippen LogP contribution < -0.4 is 5.43 Å². The Balaban J connectivity index is 1.53. The first kappa shape index (κ1) is 22.7. The largest absolute Gasteiger partial charge is 0.450 e. The van der Waals surface area contributed by atoms with E-state index in [1.165, 1.54) is 0 Å². The summed E-state index contributed by atoms with van der Waals surface area (Å²) in [5.41, 5.74) is 1.65. The number of carbonyl (C=O) groups excluding carboxylic acids is 1. The Morgan fingerprint density at radius 2 is 1.82 bits per heavy atom.